The zero-order valence-electron chi connectivity index (χ0n) is 6.02. The van der Waals surface area contributed by atoms with E-state index in [2.05, 4.69) is 10.1 Å². The minimum atomic E-state index is 0.206. The topological polar surface area (TPSA) is 72.6 Å². The van der Waals surface area contributed by atoms with Crippen LogP contribution in [0.5, 0.6) is 0 Å². The maximum Gasteiger partial charge on any atom is 0.199 e. The maximum atomic E-state index is 8.99. The fourth-order valence-corrected chi connectivity index (χ4v) is 0.727. The van der Waals surface area contributed by atoms with Gasteiger partial charge in [0.2, 0.25) is 0 Å². The molecule has 5 heteroatoms. The van der Waals surface area contributed by atoms with Crippen LogP contribution in [0, 0.1) is 5.53 Å². The minimum Gasteiger partial charge on any atom is -0.289 e. The molecule has 0 bridgehead atoms. The normalized spacial score (nSPS) is 9.27. The number of rotatable bonds is 2. The smallest absolute Gasteiger partial charge is 0.199 e. The lowest BCUT2D eigenvalue weighted by Crippen LogP contribution is -2.09. The largest absolute Gasteiger partial charge is 0.289 e. The second-order valence-corrected chi connectivity index (χ2v) is 1.98. The Kier molecular flexibility index (Phi) is 2.12. The van der Waals surface area contributed by atoms with Crippen molar-refractivity contribution < 1.29 is 5.21 Å². The van der Waals surface area contributed by atoms with Crippen LogP contribution in [0.1, 0.15) is 0 Å². The van der Waals surface area contributed by atoms with E-state index in [4.69, 9.17) is 10.7 Å². The first-order valence-electron chi connectivity index (χ1n) is 3.01. The fraction of sp³-hybridized carbons (Fsp3) is 0.167. The van der Waals surface area contributed by atoms with Gasteiger partial charge >= 0.3 is 0 Å². The van der Waals surface area contributed by atoms with E-state index in [1.807, 2.05) is 0 Å². The van der Waals surface area contributed by atoms with E-state index in [0.29, 0.717) is 5.69 Å². The fourth-order valence-electron chi connectivity index (χ4n) is 0.727. The van der Waals surface area contributed by atoms with Crippen LogP contribution in [0.3, 0.4) is 0 Å². The van der Waals surface area contributed by atoms with Gasteiger partial charge in [0.05, 0.1) is 0 Å². The Morgan fingerprint density at radius 1 is 1.73 bits per heavy atom. The lowest BCUT2D eigenvalue weighted by atomic mass is 10.4. The number of hydroxylamine groups is 1. The number of pyridine rings is 1. The van der Waals surface area contributed by atoms with E-state index in [1.165, 1.54) is 13.2 Å². The van der Waals surface area contributed by atoms with Gasteiger partial charge in [0.1, 0.15) is 5.69 Å². The zero-order chi connectivity index (χ0) is 8.27. The van der Waals surface area contributed by atoms with Gasteiger partial charge < -0.3 is 0 Å². The number of hydrogen-bond donors (Lipinski definition) is 2. The lowest BCUT2D eigenvalue weighted by Gasteiger charge is -2.10. The van der Waals surface area contributed by atoms with E-state index >= 15 is 0 Å². The molecule has 0 atom stereocenters. The van der Waals surface area contributed by atoms with Crippen molar-refractivity contribution in [3.05, 3.63) is 18.3 Å². The first-order valence-corrected chi connectivity index (χ1v) is 3.01. The molecule has 0 amide bonds. The third-order valence-electron chi connectivity index (χ3n) is 1.22. The number of nitrogens with zero attached hydrogens (tertiary/aromatic N) is 3. The molecule has 0 unspecified atom stereocenters. The summed E-state index contributed by atoms with van der Waals surface area (Å²) in [6.07, 6.45) is 1.51. The van der Waals surface area contributed by atoms with Crippen molar-refractivity contribution in [3.8, 4) is 0 Å². The summed E-state index contributed by atoms with van der Waals surface area (Å²) in [6, 6.07) is 3.29. The van der Waals surface area contributed by atoms with Crippen LogP contribution in [0.4, 0.5) is 11.5 Å². The second-order valence-electron chi connectivity index (χ2n) is 1.98. The molecule has 0 radical (unpaired) electrons. The van der Waals surface area contributed by atoms with E-state index in [1.54, 1.807) is 12.1 Å². The van der Waals surface area contributed by atoms with Crippen LogP contribution in [0.2, 0.25) is 0 Å². The molecule has 0 saturated heterocycles. The molecule has 0 aliphatic carbocycles. The van der Waals surface area contributed by atoms with Gasteiger partial charge in [-0.25, -0.2) is 10.5 Å². The second kappa shape index (κ2) is 3.07. The van der Waals surface area contributed by atoms with Crippen molar-refractivity contribution in [1.82, 2.24) is 4.98 Å². The predicted octanol–water partition coefficient (Wildman–Crippen LogP) is 1.57. The molecule has 1 aromatic heterocycles. The van der Waals surface area contributed by atoms with Crippen LogP contribution in [-0.4, -0.2) is 17.2 Å². The average molecular weight is 152 g/mol. The van der Waals surface area contributed by atoms with Crippen molar-refractivity contribution in [1.29, 1.82) is 5.53 Å². The number of aromatic nitrogens is 1. The van der Waals surface area contributed by atoms with Crippen LogP contribution >= 0.6 is 0 Å². The lowest BCUT2D eigenvalue weighted by molar-refractivity contribution is 0.279. The van der Waals surface area contributed by atoms with Gasteiger partial charge in [0.15, 0.2) is 5.82 Å². The first-order chi connectivity index (χ1) is 5.25. The molecule has 58 valence electrons. The molecule has 2 N–H and O–H groups in total. The molecule has 0 saturated carbocycles. The van der Waals surface area contributed by atoms with Crippen molar-refractivity contribution >= 4 is 11.5 Å². The molecule has 1 heterocycles. The zero-order valence-corrected chi connectivity index (χ0v) is 6.02. The Balaban J connectivity index is 3.12. The molecule has 0 aromatic carbocycles. The molecule has 0 aliphatic heterocycles. The molecule has 11 heavy (non-hydrogen) atoms. The first kappa shape index (κ1) is 7.62. The summed E-state index contributed by atoms with van der Waals surface area (Å²) >= 11 is 0. The highest BCUT2D eigenvalue weighted by molar-refractivity contribution is 5.59. The van der Waals surface area contributed by atoms with E-state index < -0.39 is 0 Å². The summed E-state index contributed by atoms with van der Waals surface area (Å²) in [5, 5.41) is 13.0. The van der Waals surface area contributed by atoms with Crippen molar-refractivity contribution in [3.63, 3.8) is 0 Å². The third-order valence-corrected chi connectivity index (χ3v) is 1.22. The molecule has 1 aromatic rings. The molecular weight excluding hydrogens is 144 g/mol. The van der Waals surface area contributed by atoms with Crippen molar-refractivity contribution in [2.24, 2.45) is 5.11 Å². The summed E-state index contributed by atoms with van der Waals surface area (Å²) in [6.45, 7) is 0. The summed E-state index contributed by atoms with van der Waals surface area (Å²) in [5.74, 6) is 0.206. The Morgan fingerprint density at radius 2 is 2.45 bits per heavy atom. The van der Waals surface area contributed by atoms with Gasteiger partial charge in [0.25, 0.3) is 0 Å². The molecule has 0 fully saturated rings. The molecular formula is C6H8N4O. The van der Waals surface area contributed by atoms with Crippen molar-refractivity contribution in [2.45, 2.75) is 0 Å². The highest BCUT2D eigenvalue weighted by atomic mass is 16.5. The van der Waals surface area contributed by atoms with Gasteiger partial charge in [-0.05, 0) is 12.1 Å². The average Bonchev–Trinajstić information content (AvgIpc) is 2.04. The van der Waals surface area contributed by atoms with Crippen LogP contribution < -0.4 is 5.06 Å². The van der Waals surface area contributed by atoms with Crippen LogP contribution in [0.15, 0.2) is 23.4 Å². The summed E-state index contributed by atoms with van der Waals surface area (Å²) in [7, 11) is 1.45. The van der Waals surface area contributed by atoms with Gasteiger partial charge in [-0.15, -0.1) is 5.11 Å². The highest BCUT2D eigenvalue weighted by Gasteiger charge is 2.03. The van der Waals surface area contributed by atoms with E-state index in [0.717, 1.165) is 5.06 Å². The Hall–Kier alpha value is -1.49. The monoisotopic (exact) mass is 152 g/mol. The van der Waals surface area contributed by atoms with E-state index in [-0.39, 0.29) is 5.82 Å². The van der Waals surface area contributed by atoms with Crippen LogP contribution in [-0.2, 0) is 0 Å². The van der Waals surface area contributed by atoms with Crippen molar-refractivity contribution in [2.75, 3.05) is 12.1 Å². The molecule has 5 nitrogen and oxygen atoms in total. The Morgan fingerprint density at radius 3 is 2.91 bits per heavy atom. The number of anilines is 1. The highest BCUT2D eigenvalue weighted by Crippen LogP contribution is 2.22. The summed E-state index contributed by atoms with van der Waals surface area (Å²) in [5.41, 5.74) is 7.12. The quantitative estimate of drug-likeness (QED) is 0.499. The van der Waals surface area contributed by atoms with Gasteiger partial charge in [-0.3, -0.25) is 10.3 Å². The summed E-state index contributed by atoms with van der Waals surface area (Å²) < 4.78 is 0. The van der Waals surface area contributed by atoms with Gasteiger partial charge in [-0.2, -0.15) is 0 Å². The van der Waals surface area contributed by atoms with Gasteiger partial charge in [0, 0.05) is 13.2 Å². The SMILES string of the molecule is CN(O)c1cccnc1N=N. The number of hydrogen-bond acceptors (Lipinski definition) is 5. The van der Waals surface area contributed by atoms with E-state index in [9.17, 15) is 0 Å². The third kappa shape index (κ3) is 1.50. The standard InChI is InChI=1S/C6H8N4O/c1-10(11)5-3-2-4-8-6(5)9-7/h2-4,7,11H,1H3. The molecule has 0 aliphatic rings. The Bertz CT molecular complexity index is 261. The predicted molar refractivity (Wildman–Crippen MR) is 39.2 cm³/mol. The number of nitrogens with one attached hydrogen (secondary N) is 1. The minimum absolute atomic E-state index is 0.206. The van der Waals surface area contributed by atoms with Gasteiger partial charge in [-0.1, -0.05) is 0 Å². The molecule has 0 spiro atoms. The maximum absolute atomic E-state index is 8.99. The Labute approximate surface area is 63.8 Å². The summed E-state index contributed by atoms with van der Waals surface area (Å²) in [4.78, 5) is 3.76. The van der Waals surface area contributed by atoms with Crippen LogP contribution in [0.25, 0.3) is 0 Å². The molecule has 1 rings (SSSR count).